The minimum Gasteiger partial charge on any atom is -0.507 e. The molecule has 0 saturated heterocycles. The minimum absolute atomic E-state index is 0.220. The van der Waals surface area contributed by atoms with Crippen molar-refractivity contribution in [2.45, 2.75) is 19.3 Å². The van der Waals surface area contributed by atoms with E-state index >= 15 is 0 Å². The maximum absolute atomic E-state index is 11.2. The first-order valence-electron chi connectivity index (χ1n) is 8.39. The number of fused-ring (bicyclic) bond motifs is 4. The number of thiazole rings is 1. The van der Waals surface area contributed by atoms with Gasteiger partial charge in [0.05, 0.1) is 15.8 Å². The SMILES string of the molecule is CC1(C)c2ccccc2-c2ccc(-c3nc4ccccc4s3)c(O)c21. The van der Waals surface area contributed by atoms with Crippen LogP contribution in [0.3, 0.4) is 0 Å². The minimum atomic E-state index is -0.220. The highest BCUT2D eigenvalue weighted by Crippen LogP contribution is 2.54. The first-order chi connectivity index (χ1) is 12.1. The van der Waals surface area contributed by atoms with Gasteiger partial charge in [-0.3, -0.25) is 0 Å². The van der Waals surface area contributed by atoms with E-state index < -0.39 is 0 Å². The standard InChI is InChI=1S/C22H17NOS/c1-22(2)16-8-4-3-7-13(16)14-11-12-15(20(24)19(14)22)21-23-17-9-5-6-10-18(17)25-21/h3-12,24H,1-2H3. The molecule has 0 aliphatic heterocycles. The molecule has 0 fully saturated rings. The molecule has 5 rings (SSSR count). The molecule has 1 N–H and O–H groups in total. The quantitative estimate of drug-likeness (QED) is 0.461. The van der Waals surface area contributed by atoms with Crippen molar-refractivity contribution in [2.24, 2.45) is 0 Å². The molecular weight excluding hydrogens is 326 g/mol. The Balaban J connectivity index is 1.77. The van der Waals surface area contributed by atoms with Crippen molar-refractivity contribution in [2.75, 3.05) is 0 Å². The van der Waals surface area contributed by atoms with Crippen molar-refractivity contribution in [3.8, 4) is 27.4 Å². The first-order valence-corrected chi connectivity index (χ1v) is 9.21. The van der Waals surface area contributed by atoms with Crippen LogP contribution >= 0.6 is 11.3 Å². The van der Waals surface area contributed by atoms with Crippen molar-refractivity contribution in [3.05, 3.63) is 71.8 Å². The van der Waals surface area contributed by atoms with E-state index in [0.717, 1.165) is 31.9 Å². The molecule has 4 aromatic rings. The zero-order valence-electron chi connectivity index (χ0n) is 14.1. The van der Waals surface area contributed by atoms with E-state index in [2.05, 4.69) is 50.2 Å². The van der Waals surface area contributed by atoms with Gasteiger partial charge >= 0.3 is 0 Å². The summed E-state index contributed by atoms with van der Waals surface area (Å²) < 4.78 is 1.14. The summed E-state index contributed by atoms with van der Waals surface area (Å²) in [7, 11) is 0. The monoisotopic (exact) mass is 343 g/mol. The highest BCUT2D eigenvalue weighted by atomic mass is 32.1. The van der Waals surface area contributed by atoms with Gasteiger partial charge in [0.1, 0.15) is 10.8 Å². The molecule has 1 aliphatic rings. The van der Waals surface area contributed by atoms with Gasteiger partial charge < -0.3 is 5.11 Å². The van der Waals surface area contributed by atoms with E-state index in [0.29, 0.717) is 5.75 Å². The molecule has 0 bridgehead atoms. The predicted molar refractivity (Wildman–Crippen MR) is 104 cm³/mol. The Bertz CT molecular complexity index is 1110. The maximum atomic E-state index is 11.2. The van der Waals surface area contributed by atoms with Crippen LogP contribution in [-0.2, 0) is 5.41 Å². The van der Waals surface area contributed by atoms with Gasteiger partial charge in [0.25, 0.3) is 0 Å². The summed E-state index contributed by atoms with van der Waals surface area (Å²) in [6.45, 7) is 4.36. The van der Waals surface area contributed by atoms with E-state index in [1.165, 1.54) is 11.1 Å². The number of aromatic hydroxyl groups is 1. The molecule has 2 nitrogen and oxygen atoms in total. The van der Waals surface area contributed by atoms with Gasteiger partial charge in [-0.05, 0) is 34.9 Å². The van der Waals surface area contributed by atoms with Crippen LogP contribution in [-0.4, -0.2) is 10.1 Å². The summed E-state index contributed by atoms with van der Waals surface area (Å²) in [5, 5.41) is 12.0. The Hall–Kier alpha value is -2.65. The topological polar surface area (TPSA) is 33.1 Å². The molecule has 0 amide bonds. The summed E-state index contributed by atoms with van der Waals surface area (Å²) in [5.74, 6) is 0.359. The third kappa shape index (κ3) is 1.93. The zero-order chi connectivity index (χ0) is 17.2. The lowest BCUT2D eigenvalue weighted by Gasteiger charge is -2.23. The lowest BCUT2D eigenvalue weighted by Crippen LogP contribution is -2.15. The fraction of sp³-hybridized carbons (Fsp3) is 0.136. The van der Waals surface area contributed by atoms with Gasteiger partial charge in [0, 0.05) is 11.0 Å². The third-order valence-corrected chi connectivity index (χ3v) is 6.29. The van der Waals surface area contributed by atoms with Gasteiger partial charge in [-0.15, -0.1) is 11.3 Å². The third-order valence-electron chi connectivity index (χ3n) is 5.22. The van der Waals surface area contributed by atoms with Crippen molar-refractivity contribution in [1.82, 2.24) is 4.98 Å². The van der Waals surface area contributed by atoms with Crippen LogP contribution in [0.5, 0.6) is 5.75 Å². The number of benzene rings is 3. The molecule has 3 aromatic carbocycles. The number of para-hydroxylation sites is 1. The van der Waals surface area contributed by atoms with E-state index in [9.17, 15) is 5.11 Å². The second-order valence-electron chi connectivity index (χ2n) is 7.04. The molecule has 0 radical (unpaired) electrons. The van der Waals surface area contributed by atoms with Crippen LogP contribution in [0.4, 0.5) is 0 Å². The van der Waals surface area contributed by atoms with Crippen molar-refractivity contribution >= 4 is 21.6 Å². The van der Waals surface area contributed by atoms with Gasteiger partial charge in [-0.25, -0.2) is 4.98 Å². The van der Waals surface area contributed by atoms with Crippen molar-refractivity contribution in [3.63, 3.8) is 0 Å². The molecule has 0 unspecified atom stereocenters. The molecule has 0 saturated carbocycles. The van der Waals surface area contributed by atoms with Crippen LogP contribution in [0.1, 0.15) is 25.0 Å². The molecule has 0 atom stereocenters. The molecule has 122 valence electrons. The fourth-order valence-electron chi connectivity index (χ4n) is 4.01. The average Bonchev–Trinajstić information content (AvgIpc) is 3.13. The zero-order valence-corrected chi connectivity index (χ0v) is 14.9. The molecule has 1 aliphatic carbocycles. The predicted octanol–water partition coefficient (Wildman–Crippen LogP) is 5.98. The average molecular weight is 343 g/mol. The van der Waals surface area contributed by atoms with Crippen LogP contribution in [0, 0.1) is 0 Å². The number of aromatic nitrogens is 1. The van der Waals surface area contributed by atoms with Crippen LogP contribution in [0.2, 0.25) is 0 Å². The van der Waals surface area contributed by atoms with Crippen LogP contribution in [0.25, 0.3) is 31.9 Å². The number of nitrogens with zero attached hydrogens (tertiary/aromatic N) is 1. The number of rotatable bonds is 1. The number of phenolic OH excluding ortho intramolecular Hbond substituents is 1. The van der Waals surface area contributed by atoms with Gasteiger partial charge in [0.2, 0.25) is 0 Å². The highest BCUT2D eigenvalue weighted by molar-refractivity contribution is 7.21. The van der Waals surface area contributed by atoms with E-state index in [4.69, 9.17) is 4.98 Å². The van der Waals surface area contributed by atoms with E-state index in [1.807, 2.05) is 24.3 Å². The van der Waals surface area contributed by atoms with Gasteiger partial charge in [-0.1, -0.05) is 56.3 Å². The van der Waals surface area contributed by atoms with Crippen LogP contribution < -0.4 is 0 Å². The first kappa shape index (κ1) is 14.7. The van der Waals surface area contributed by atoms with E-state index in [1.54, 1.807) is 11.3 Å². The fourth-order valence-corrected chi connectivity index (χ4v) is 5.00. The molecular formula is C22H17NOS. The molecule has 25 heavy (non-hydrogen) atoms. The highest BCUT2D eigenvalue weighted by Gasteiger charge is 2.38. The molecule has 1 heterocycles. The summed E-state index contributed by atoms with van der Waals surface area (Å²) in [6, 6.07) is 20.7. The number of phenols is 1. The summed E-state index contributed by atoms with van der Waals surface area (Å²) >= 11 is 1.62. The lowest BCUT2D eigenvalue weighted by atomic mass is 9.81. The number of hydrogen-bond acceptors (Lipinski definition) is 3. The van der Waals surface area contributed by atoms with Crippen LogP contribution in [0.15, 0.2) is 60.7 Å². The number of hydrogen-bond donors (Lipinski definition) is 1. The smallest absolute Gasteiger partial charge is 0.130 e. The van der Waals surface area contributed by atoms with Gasteiger partial charge in [-0.2, -0.15) is 0 Å². The second kappa shape index (κ2) is 4.93. The largest absolute Gasteiger partial charge is 0.507 e. The Morgan fingerprint density at radius 1 is 0.840 bits per heavy atom. The molecule has 1 aromatic heterocycles. The summed E-state index contributed by atoms with van der Waals surface area (Å²) in [4.78, 5) is 4.72. The maximum Gasteiger partial charge on any atom is 0.130 e. The second-order valence-corrected chi connectivity index (χ2v) is 8.07. The Morgan fingerprint density at radius 3 is 2.40 bits per heavy atom. The Labute approximate surface area is 150 Å². The van der Waals surface area contributed by atoms with Crippen molar-refractivity contribution < 1.29 is 5.11 Å². The Morgan fingerprint density at radius 2 is 1.56 bits per heavy atom. The lowest BCUT2D eigenvalue weighted by molar-refractivity contribution is 0.458. The molecule has 0 spiro atoms. The summed E-state index contributed by atoms with van der Waals surface area (Å²) in [5.41, 5.74) is 6.19. The van der Waals surface area contributed by atoms with Gasteiger partial charge in [0.15, 0.2) is 0 Å². The van der Waals surface area contributed by atoms with E-state index in [-0.39, 0.29) is 5.41 Å². The normalized spacial score (nSPS) is 14.5. The molecule has 3 heteroatoms. The summed E-state index contributed by atoms with van der Waals surface area (Å²) in [6.07, 6.45) is 0. The van der Waals surface area contributed by atoms with Crippen molar-refractivity contribution in [1.29, 1.82) is 0 Å². The Kier molecular flexibility index (Phi) is 2.89.